The van der Waals surface area contributed by atoms with Crippen LogP contribution < -0.4 is 5.73 Å². The number of rotatable bonds is 4. The van der Waals surface area contributed by atoms with Gasteiger partial charge in [-0.05, 0) is 40.8 Å². The molecule has 106 valence electrons. The van der Waals surface area contributed by atoms with Crippen molar-refractivity contribution in [3.63, 3.8) is 0 Å². The fraction of sp³-hybridized carbons (Fsp3) is 0.200. The Kier molecular flexibility index (Phi) is 3.92. The van der Waals surface area contributed by atoms with Gasteiger partial charge >= 0.3 is 0 Å². The zero-order chi connectivity index (χ0) is 14.7. The van der Waals surface area contributed by atoms with Crippen molar-refractivity contribution in [1.29, 1.82) is 0 Å². The number of hydrogen-bond acceptors (Lipinski definition) is 1. The number of hydrogen-bond donors (Lipinski definition) is 1. The van der Waals surface area contributed by atoms with Crippen LogP contribution in [0.1, 0.15) is 25.3 Å². The minimum absolute atomic E-state index is 0.938. The first-order valence-corrected chi connectivity index (χ1v) is 7.66. The Bertz CT molecular complexity index is 744. The molecular formula is C20H21N. The lowest BCUT2D eigenvalue weighted by Crippen LogP contribution is -1.99. The molecule has 0 spiro atoms. The molecule has 0 atom stereocenters. The monoisotopic (exact) mass is 275 g/mol. The smallest absolute Gasteiger partial charge is 0.0432 e. The second-order valence-electron chi connectivity index (χ2n) is 5.52. The van der Waals surface area contributed by atoms with E-state index in [-0.39, 0.29) is 0 Å². The zero-order valence-electron chi connectivity index (χ0n) is 12.5. The quantitative estimate of drug-likeness (QED) is 0.631. The Morgan fingerprint density at radius 2 is 1.62 bits per heavy atom. The third-order valence-corrected chi connectivity index (χ3v) is 4.04. The molecule has 1 heteroatoms. The highest BCUT2D eigenvalue weighted by Gasteiger charge is 2.12. The number of aryl methyl sites for hydroxylation is 1. The Morgan fingerprint density at radius 3 is 2.38 bits per heavy atom. The van der Waals surface area contributed by atoms with Gasteiger partial charge in [-0.1, -0.05) is 67.9 Å². The number of anilines is 1. The van der Waals surface area contributed by atoms with Gasteiger partial charge in [-0.2, -0.15) is 0 Å². The van der Waals surface area contributed by atoms with Crippen LogP contribution in [-0.4, -0.2) is 0 Å². The lowest BCUT2D eigenvalue weighted by atomic mass is 9.92. The molecule has 0 aliphatic rings. The van der Waals surface area contributed by atoms with E-state index in [0.29, 0.717) is 0 Å². The largest absolute Gasteiger partial charge is 0.398 e. The van der Waals surface area contributed by atoms with Crippen LogP contribution >= 0.6 is 0 Å². The van der Waals surface area contributed by atoms with Gasteiger partial charge in [-0.15, -0.1) is 0 Å². The lowest BCUT2D eigenvalue weighted by molar-refractivity contribution is 0.797. The van der Waals surface area contributed by atoms with Crippen LogP contribution in [0.4, 0.5) is 5.69 Å². The van der Waals surface area contributed by atoms with Gasteiger partial charge in [0.25, 0.3) is 0 Å². The summed E-state index contributed by atoms with van der Waals surface area (Å²) in [6.45, 7) is 2.22. The van der Waals surface area contributed by atoms with E-state index in [1.165, 1.54) is 40.3 Å². The molecular weight excluding hydrogens is 254 g/mol. The standard InChI is InChI=1S/C20H21N/c1-2-3-9-17-14-16-12-7-8-13-18(16)19(20(17)21)15-10-5-4-6-11-15/h4-8,10-14H,2-3,9,21H2,1H3. The van der Waals surface area contributed by atoms with Crippen molar-refractivity contribution in [2.75, 3.05) is 5.73 Å². The summed E-state index contributed by atoms with van der Waals surface area (Å²) in [4.78, 5) is 0. The summed E-state index contributed by atoms with van der Waals surface area (Å²) in [5.41, 5.74) is 11.1. The van der Waals surface area contributed by atoms with Gasteiger partial charge in [-0.25, -0.2) is 0 Å². The molecule has 0 radical (unpaired) electrons. The van der Waals surface area contributed by atoms with E-state index in [1.54, 1.807) is 0 Å². The second kappa shape index (κ2) is 6.01. The van der Waals surface area contributed by atoms with Crippen LogP contribution in [0.3, 0.4) is 0 Å². The van der Waals surface area contributed by atoms with Crippen molar-refractivity contribution in [2.24, 2.45) is 0 Å². The highest BCUT2D eigenvalue weighted by atomic mass is 14.6. The van der Waals surface area contributed by atoms with E-state index in [0.717, 1.165) is 12.1 Å². The Balaban J connectivity index is 2.27. The fourth-order valence-corrected chi connectivity index (χ4v) is 2.91. The maximum Gasteiger partial charge on any atom is 0.0432 e. The summed E-state index contributed by atoms with van der Waals surface area (Å²) in [5, 5.41) is 2.51. The van der Waals surface area contributed by atoms with Crippen LogP contribution in [0.15, 0.2) is 60.7 Å². The van der Waals surface area contributed by atoms with Crippen molar-refractivity contribution in [1.82, 2.24) is 0 Å². The Labute approximate surface area is 126 Å². The van der Waals surface area contributed by atoms with Crippen LogP contribution in [0.25, 0.3) is 21.9 Å². The van der Waals surface area contributed by atoms with Crippen LogP contribution in [0.5, 0.6) is 0 Å². The Hall–Kier alpha value is -2.28. The molecule has 0 saturated carbocycles. The second-order valence-corrected chi connectivity index (χ2v) is 5.52. The molecule has 0 bridgehead atoms. The van der Waals surface area contributed by atoms with Crippen LogP contribution in [0.2, 0.25) is 0 Å². The molecule has 21 heavy (non-hydrogen) atoms. The summed E-state index contributed by atoms with van der Waals surface area (Å²) in [5.74, 6) is 0. The predicted octanol–water partition coefficient (Wildman–Crippen LogP) is 5.43. The minimum atomic E-state index is 0.938. The van der Waals surface area contributed by atoms with Gasteiger partial charge in [0.15, 0.2) is 0 Å². The predicted molar refractivity (Wildman–Crippen MR) is 92.4 cm³/mol. The maximum atomic E-state index is 6.52. The number of nitrogens with two attached hydrogens (primary N) is 1. The first-order chi connectivity index (χ1) is 10.3. The first kappa shape index (κ1) is 13.7. The molecule has 0 aromatic heterocycles. The van der Waals surface area contributed by atoms with E-state index in [9.17, 15) is 0 Å². The molecule has 0 amide bonds. The normalized spacial score (nSPS) is 10.9. The number of nitrogen functional groups attached to an aromatic ring is 1. The van der Waals surface area contributed by atoms with E-state index in [4.69, 9.17) is 5.73 Å². The van der Waals surface area contributed by atoms with Gasteiger partial charge in [0.1, 0.15) is 0 Å². The SMILES string of the molecule is CCCCc1cc2ccccc2c(-c2ccccc2)c1N. The van der Waals surface area contributed by atoms with Crippen LogP contribution in [-0.2, 0) is 6.42 Å². The van der Waals surface area contributed by atoms with E-state index < -0.39 is 0 Å². The molecule has 3 aromatic rings. The van der Waals surface area contributed by atoms with Gasteiger partial charge in [0, 0.05) is 11.3 Å². The first-order valence-electron chi connectivity index (χ1n) is 7.66. The highest BCUT2D eigenvalue weighted by Crippen LogP contribution is 2.36. The highest BCUT2D eigenvalue weighted by molar-refractivity contribution is 6.03. The average Bonchev–Trinajstić information content (AvgIpc) is 2.54. The molecule has 1 nitrogen and oxygen atoms in total. The average molecular weight is 275 g/mol. The summed E-state index contributed by atoms with van der Waals surface area (Å²) in [6, 6.07) is 21.2. The number of unbranched alkanes of at least 4 members (excludes halogenated alkanes) is 1. The molecule has 0 saturated heterocycles. The van der Waals surface area contributed by atoms with Gasteiger partial charge in [0.05, 0.1) is 0 Å². The van der Waals surface area contributed by atoms with Crippen molar-refractivity contribution < 1.29 is 0 Å². The molecule has 0 fully saturated rings. The lowest BCUT2D eigenvalue weighted by Gasteiger charge is -2.15. The van der Waals surface area contributed by atoms with Crippen molar-refractivity contribution >= 4 is 16.5 Å². The molecule has 0 heterocycles. The van der Waals surface area contributed by atoms with Crippen molar-refractivity contribution in [2.45, 2.75) is 26.2 Å². The summed E-state index contributed by atoms with van der Waals surface area (Å²) >= 11 is 0. The fourth-order valence-electron chi connectivity index (χ4n) is 2.91. The van der Waals surface area contributed by atoms with E-state index in [1.807, 2.05) is 6.07 Å². The van der Waals surface area contributed by atoms with E-state index in [2.05, 4.69) is 61.5 Å². The van der Waals surface area contributed by atoms with Gasteiger partial charge in [0.2, 0.25) is 0 Å². The molecule has 3 aromatic carbocycles. The number of fused-ring (bicyclic) bond motifs is 1. The molecule has 0 aliphatic heterocycles. The summed E-state index contributed by atoms with van der Waals surface area (Å²) in [6.07, 6.45) is 3.41. The Morgan fingerprint density at radius 1 is 0.905 bits per heavy atom. The maximum absolute atomic E-state index is 6.52. The van der Waals surface area contributed by atoms with E-state index >= 15 is 0 Å². The van der Waals surface area contributed by atoms with Crippen LogP contribution in [0, 0.1) is 0 Å². The van der Waals surface area contributed by atoms with Crippen molar-refractivity contribution in [3.8, 4) is 11.1 Å². The summed E-state index contributed by atoms with van der Waals surface area (Å²) in [7, 11) is 0. The van der Waals surface area contributed by atoms with Gasteiger partial charge in [-0.3, -0.25) is 0 Å². The summed E-state index contributed by atoms with van der Waals surface area (Å²) < 4.78 is 0. The third-order valence-electron chi connectivity index (χ3n) is 4.04. The topological polar surface area (TPSA) is 26.0 Å². The molecule has 3 rings (SSSR count). The minimum Gasteiger partial charge on any atom is -0.398 e. The molecule has 2 N–H and O–H groups in total. The molecule has 0 aliphatic carbocycles. The van der Waals surface area contributed by atoms with Gasteiger partial charge < -0.3 is 5.73 Å². The number of benzene rings is 3. The van der Waals surface area contributed by atoms with Crippen molar-refractivity contribution in [3.05, 3.63) is 66.2 Å². The molecule has 0 unspecified atom stereocenters. The third kappa shape index (κ3) is 2.64. The zero-order valence-corrected chi connectivity index (χ0v) is 12.5.